The molecule has 5 nitrogen and oxygen atoms in total. The van der Waals surface area contributed by atoms with Gasteiger partial charge in [-0.1, -0.05) is 13.0 Å². The first-order chi connectivity index (χ1) is 11.2. The molecule has 0 fully saturated rings. The number of guanidine groups is 1. The van der Waals surface area contributed by atoms with E-state index in [-0.39, 0.29) is 24.0 Å². The van der Waals surface area contributed by atoms with Gasteiger partial charge in [0.1, 0.15) is 12.3 Å². The van der Waals surface area contributed by atoms with Crippen molar-refractivity contribution in [3.8, 4) is 0 Å². The van der Waals surface area contributed by atoms with E-state index in [1.807, 2.05) is 6.92 Å². The van der Waals surface area contributed by atoms with Gasteiger partial charge in [0.05, 0.1) is 5.69 Å². The van der Waals surface area contributed by atoms with Crippen molar-refractivity contribution in [1.29, 1.82) is 0 Å². The number of hydrogen-bond acceptors (Lipinski definition) is 3. The number of halogens is 1. The molecule has 0 saturated heterocycles. The molecule has 1 aliphatic rings. The third kappa shape index (κ3) is 4.49. The molecular formula is C18H25IN4O. The van der Waals surface area contributed by atoms with Crippen LogP contribution in [0.3, 0.4) is 0 Å². The molecule has 0 unspecified atom stereocenters. The topological polar surface area (TPSA) is 76.4 Å². The highest BCUT2D eigenvalue weighted by Gasteiger charge is 2.11. The quantitative estimate of drug-likeness (QED) is 0.419. The molecule has 3 rings (SSSR count). The average molecular weight is 440 g/mol. The first-order valence-corrected chi connectivity index (χ1v) is 8.29. The maximum atomic E-state index is 5.99. The van der Waals surface area contributed by atoms with Crippen LogP contribution in [0, 0.1) is 6.92 Å². The fourth-order valence-electron chi connectivity index (χ4n) is 2.95. The molecule has 24 heavy (non-hydrogen) atoms. The maximum Gasteiger partial charge on any atom is 0.194 e. The lowest BCUT2D eigenvalue weighted by molar-refractivity contribution is 0.453. The number of benzene rings is 1. The zero-order valence-corrected chi connectivity index (χ0v) is 16.6. The standard InChI is InChI=1S/C18H24N4O.HI/c1-3-5-17-21-12(2)16(23-17)11-20-18(19)22-15-9-8-13-6-4-7-14(13)10-15;/h8-10H,3-7,11H2,1-2H3,(H3,19,20,22);1H. The van der Waals surface area contributed by atoms with Crippen LogP contribution in [-0.2, 0) is 25.8 Å². The number of rotatable bonds is 5. The Balaban J connectivity index is 0.00000208. The number of aryl methyl sites for hydroxylation is 4. The maximum absolute atomic E-state index is 5.99. The van der Waals surface area contributed by atoms with Crippen LogP contribution in [0.4, 0.5) is 5.69 Å². The van der Waals surface area contributed by atoms with Gasteiger partial charge in [-0.05, 0) is 55.9 Å². The van der Waals surface area contributed by atoms with Crippen molar-refractivity contribution in [1.82, 2.24) is 4.98 Å². The molecule has 3 N–H and O–H groups in total. The van der Waals surface area contributed by atoms with Gasteiger partial charge in [-0.25, -0.2) is 9.98 Å². The van der Waals surface area contributed by atoms with Crippen molar-refractivity contribution >= 4 is 35.6 Å². The minimum absolute atomic E-state index is 0. The van der Waals surface area contributed by atoms with Gasteiger partial charge in [-0.2, -0.15) is 0 Å². The Morgan fingerprint density at radius 2 is 2.12 bits per heavy atom. The van der Waals surface area contributed by atoms with E-state index in [2.05, 4.69) is 40.4 Å². The predicted octanol–water partition coefficient (Wildman–Crippen LogP) is 3.97. The molecule has 0 aliphatic heterocycles. The second kappa shape index (κ2) is 8.50. The molecule has 2 aromatic rings. The fraction of sp³-hybridized carbons (Fsp3) is 0.444. The van der Waals surface area contributed by atoms with Crippen LogP contribution >= 0.6 is 24.0 Å². The summed E-state index contributed by atoms with van der Waals surface area (Å²) < 4.78 is 5.71. The Hall–Kier alpha value is -1.57. The lowest BCUT2D eigenvalue weighted by atomic mass is 10.1. The Bertz CT molecular complexity index is 724. The number of nitrogens with zero attached hydrogens (tertiary/aromatic N) is 2. The van der Waals surface area contributed by atoms with Gasteiger partial charge >= 0.3 is 0 Å². The average Bonchev–Trinajstić information content (AvgIpc) is 3.11. The Morgan fingerprint density at radius 3 is 2.92 bits per heavy atom. The van der Waals surface area contributed by atoms with Crippen molar-refractivity contribution in [2.24, 2.45) is 10.7 Å². The molecule has 0 radical (unpaired) electrons. The van der Waals surface area contributed by atoms with E-state index < -0.39 is 0 Å². The summed E-state index contributed by atoms with van der Waals surface area (Å²) in [7, 11) is 0. The van der Waals surface area contributed by atoms with Crippen LogP contribution in [0.2, 0.25) is 0 Å². The van der Waals surface area contributed by atoms with Gasteiger partial charge in [0, 0.05) is 12.1 Å². The van der Waals surface area contributed by atoms with Crippen LogP contribution in [-0.4, -0.2) is 10.9 Å². The summed E-state index contributed by atoms with van der Waals surface area (Å²) in [6.45, 7) is 4.46. The lowest BCUT2D eigenvalue weighted by Gasteiger charge is -2.07. The third-order valence-electron chi connectivity index (χ3n) is 4.16. The summed E-state index contributed by atoms with van der Waals surface area (Å²) >= 11 is 0. The zero-order valence-electron chi connectivity index (χ0n) is 14.3. The number of hydrogen-bond donors (Lipinski definition) is 2. The number of aromatic nitrogens is 1. The normalized spacial score (nSPS) is 13.5. The lowest BCUT2D eigenvalue weighted by Crippen LogP contribution is -2.22. The van der Waals surface area contributed by atoms with Crippen LogP contribution in [0.25, 0.3) is 0 Å². The number of anilines is 1. The molecule has 0 atom stereocenters. The van der Waals surface area contributed by atoms with E-state index in [0.29, 0.717) is 12.5 Å². The summed E-state index contributed by atoms with van der Waals surface area (Å²) in [6.07, 6.45) is 5.45. The number of aliphatic imine (C=N–C) groups is 1. The van der Waals surface area contributed by atoms with Gasteiger partial charge in [-0.15, -0.1) is 24.0 Å². The second-order valence-electron chi connectivity index (χ2n) is 6.03. The molecular weight excluding hydrogens is 415 g/mol. The Kier molecular flexibility index (Phi) is 6.65. The summed E-state index contributed by atoms with van der Waals surface area (Å²) in [5.74, 6) is 1.96. The molecule has 0 amide bonds. The van der Waals surface area contributed by atoms with Crippen molar-refractivity contribution in [2.45, 2.75) is 52.5 Å². The first-order valence-electron chi connectivity index (χ1n) is 8.29. The van der Waals surface area contributed by atoms with E-state index >= 15 is 0 Å². The zero-order chi connectivity index (χ0) is 16.2. The number of nitrogens with two attached hydrogens (primary N) is 1. The molecule has 0 saturated carbocycles. The molecule has 6 heteroatoms. The molecule has 1 aromatic heterocycles. The van der Waals surface area contributed by atoms with Crippen molar-refractivity contribution in [3.63, 3.8) is 0 Å². The second-order valence-corrected chi connectivity index (χ2v) is 6.03. The predicted molar refractivity (Wildman–Crippen MR) is 108 cm³/mol. The monoisotopic (exact) mass is 440 g/mol. The van der Waals surface area contributed by atoms with Gasteiger partial charge < -0.3 is 15.5 Å². The van der Waals surface area contributed by atoms with E-state index in [9.17, 15) is 0 Å². The summed E-state index contributed by atoms with van der Waals surface area (Å²) in [6, 6.07) is 6.41. The molecule has 130 valence electrons. The molecule has 0 spiro atoms. The highest BCUT2D eigenvalue weighted by molar-refractivity contribution is 14.0. The smallest absolute Gasteiger partial charge is 0.194 e. The van der Waals surface area contributed by atoms with Crippen molar-refractivity contribution in [2.75, 3.05) is 5.32 Å². The molecule has 0 bridgehead atoms. The first kappa shape index (κ1) is 18.8. The van der Waals surface area contributed by atoms with Gasteiger partial charge in [-0.3, -0.25) is 0 Å². The molecule has 1 aromatic carbocycles. The van der Waals surface area contributed by atoms with E-state index in [4.69, 9.17) is 10.2 Å². The molecule has 1 heterocycles. The van der Waals surface area contributed by atoms with Crippen LogP contribution in [0.5, 0.6) is 0 Å². The highest BCUT2D eigenvalue weighted by Crippen LogP contribution is 2.24. The Morgan fingerprint density at radius 1 is 1.33 bits per heavy atom. The number of oxazole rings is 1. The fourth-order valence-corrected chi connectivity index (χ4v) is 2.95. The van der Waals surface area contributed by atoms with Gasteiger partial charge in [0.25, 0.3) is 0 Å². The number of nitrogens with one attached hydrogen (secondary N) is 1. The van der Waals surface area contributed by atoms with Crippen molar-refractivity contribution in [3.05, 3.63) is 46.7 Å². The van der Waals surface area contributed by atoms with Gasteiger partial charge in [0.2, 0.25) is 0 Å². The summed E-state index contributed by atoms with van der Waals surface area (Å²) in [4.78, 5) is 8.77. The highest BCUT2D eigenvalue weighted by atomic mass is 127. The van der Waals surface area contributed by atoms with E-state index in [1.165, 1.54) is 24.0 Å². The summed E-state index contributed by atoms with van der Waals surface area (Å²) in [5, 5.41) is 3.16. The van der Waals surface area contributed by atoms with Gasteiger partial charge in [0.15, 0.2) is 11.9 Å². The summed E-state index contributed by atoms with van der Waals surface area (Å²) in [5.41, 5.74) is 10.7. The minimum Gasteiger partial charge on any atom is -0.443 e. The van der Waals surface area contributed by atoms with E-state index in [0.717, 1.165) is 42.3 Å². The largest absolute Gasteiger partial charge is 0.443 e. The third-order valence-corrected chi connectivity index (χ3v) is 4.16. The van der Waals surface area contributed by atoms with Crippen LogP contribution in [0.15, 0.2) is 27.6 Å². The van der Waals surface area contributed by atoms with Crippen LogP contribution in [0.1, 0.15) is 48.2 Å². The SMILES string of the molecule is CCCc1nc(C)c(CN=C(N)Nc2ccc3c(c2)CCC3)o1.I. The molecule has 1 aliphatic carbocycles. The van der Waals surface area contributed by atoms with E-state index in [1.54, 1.807) is 0 Å². The van der Waals surface area contributed by atoms with Crippen molar-refractivity contribution < 1.29 is 4.42 Å². The van der Waals surface area contributed by atoms with Crippen LogP contribution < -0.4 is 11.1 Å². The minimum atomic E-state index is 0. The Labute approximate surface area is 160 Å². The number of fused-ring (bicyclic) bond motifs is 1.